The molecule has 0 unspecified atom stereocenters. The van der Waals surface area contributed by atoms with E-state index in [0.717, 1.165) is 36.2 Å². The van der Waals surface area contributed by atoms with Gasteiger partial charge in [0.05, 0.1) is 12.3 Å². The predicted octanol–water partition coefficient (Wildman–Crippen LogP) is 2.26. The number of amides is 1. The molecule has 1 aromatic carbocycles. The van der Waals surface area contributed by atoms with Gasteiger partial charge in [0.1, 0.15) is 5.82 Å². The fraction of sp³-hybridized carbons (Fsp3) is 0.412. The van der Waals surface area contributed by atoms with Crippen molar-refractivity contribution in [3.8, 4) is 5.69 Å². The SMILES string of the molecule is COC[C@H](C)NC(=O)c1nn(-c2ccc(F)cc2)c2c1CCC2. The first-order valence-electron chi connectivity index (χ1n) is 7.76. The van der Waals surface area contributed by atoms with Crippen molar-refractivity contribution in [1.29, 1.82) is 0 Å². The highest BCUT2D eigenvalue weighted by molar-refractivity contribution is 5.94. The summed E-state index contributed by atoms with van der Waals surface area (Å²) in [5.74, 6) is -0.475. The van der Waals surface area contributed by atoms with Crippen LogP contribution < -0.4 is 5.32 Å². The minimum absolute atomic E-state index is 0.0828. The molecule has 0 spiro atoms. The number of hydrogen-bond acceptors (Lipinski definition) is 3. The highest BCUT2D eigenvalue weighted by Gasteiger charge is 2.27. The Morgan fingerprint density at radius 2 is 2.13 bits per heavy atom. The number of carbonyl (C=O) groups is 1. The Kier molecular flexibility index (Phi) is 4.43. The molecule has 0 radical (unpaired) electrons. The van der Waals surface area contributed by atoms with Gasteiger partial charge in [0.2, 0.25) is 0 Å². The molecule has 6 heteroatoms. The van der Waals surface area contributed by atoms with Crippen LogP contribution in [0.3, 0.4) is 0 Å². The van der Waals surface area contributed by atoms with Crippen molar-refractivity contribution in [3.05, 3.63) is 47.0 Å². The van der Waals surface area contributed by atoms with Gasteiger partial charge in [-0.05, 0) is 50.5 Å². The van der Waals surface area contributed by atoms with Gasteiger partial charge in [0.25, 0.3) is 5.91 Å². The maximum Gasteiger partial charge on any atom is 0.272 e. The molecule has 122 valence electrons. The summed E-state index contributed by atoms with van der Waals surface area (Å²) in [4.78, 5) is 12.5. The first-order valence-corrected chi connectivity index (χ1v) is 7.76. The average Bonchev–Trinajstić information content (AvgIpc) is 3.10. The molecule has 3 rings (SSSR count). The molecule has 0 saturated carbocycles. The predicted molar refractivity (Wildman–Crippen MR) is 84.4 cm³/mol. The Morgan fingerprint density at radius 1 is 1.39 bits per heavy atom. The van der Waals surface area contributed by atoms with Crippen molar-refractivity contribution in [1.82, 2.24) is 15.1 Å². The topological polar surface area (TPSA) is 56.1 Å². The first kappa shape index (κ1) is 15.7. The van der Waals surface area contributed by atoms with Crippen molar-refractivity contribution < 1.29 is 13.9 Å². The molecule has 2 aromatic rings. The van der Waals surface area contributed by atoms with Crippen molar-refractivity contribution in [2.24, 2.45) is 0 Å². The largest absolute Gasteiger partial charge is 0.383 e. The van der Waals surface area contributed by atoms with Crippen LogP contribution in [0.5, 0.6) is 0 Å². The molecule has 0 bridgehead atoms. The lowest BCUT2D eigenvalue weighted by Crippen LogP contribution is -2.36. The Bertz CT molecular complexity index is 709. The number of rotatable bonds is 5. The van der Waals surface area contributed by atoms with Gasteiger partial charge in [-0.2, -0.15) is 5.10 Å². The number of hydrogen-bond donors (Lipinski definition) is 1. The molecule has 1 aliphatic carbocycles. The Labute approximate surface area is 134 Å². The number of nitrogens with one attached hydrogen (secondary N) is 1. The summed E-state index contributed by atoms with van der Waals surface area (Å²) < 4.78 is 19.9. The van der Waals surface area contributed by atoms with E-state index in [0.29, 0.717) is 12.3 Å². The third-order valence-electron chi connectivity index (χ3n) is 4.01. The molecule has 1 amide bonds. The number of nitrogens with zero attached hydrogens (tertiary/aromatic N) is 2. The fourth-order valence-corrected chi connectivity index (χ4v) is 3.00. The van der Waals surface area contributed by atoms with E-state index in [1.165, 1.54) is 12.1 Å². The van der Waals surface area contributed by atoms with E-state index in [1.54, 1.807) is 23.9 Å². The smallest absolute Gasteiger partial charge is 0.272 e. The number of fused-ring (bicyclic) bond motifs is 1. The maximum atomic E-state index is 13.1. The van der Waals surface area contributed by atoms with Gasteiger partial charge < -0.3 is 10.1 Å². The average molecular weight is 317 g/mol. The zero-order chi connectivity index (χ0) is 16.4. The van der Waals surface area contributed by atoms with E-state index in [4.69, 9.17) is 4.74 Å². The molecule has 23 heavy (non-hydrogen) atoms. The summed E-state index contributed by atoms with van der Waals surface area (Å²) in [6, 6.07) is 6.07. The summed E-state index contributed by atoms with van der Waals surface area (Å²) in [5.41, 5.74) is 3.27. The number of ether oxygens (including phenoxy) is 1. The molecular weight excluding hydrogens is 297 g/mol. The highest BCUT2D eigenvalue weighted by Crippen LogP contribution is 2.27. The third kappa shape index (κ3) is 3.12. The molecule has 1 heterocycles. The summed E-state index contributed by atoms with van der Waals surface area (Å²) in [6.07, 6.45) is 2.72. The van der Waals surface area contributed by atoms with Crippen molar-refractivity contribution in [2.45, 2.75) is 32.2 Å². The number of halogens is 1. The second-order valence-electron chi connectivity index (χ2n) is 5.85. The van der Waals surface area contributed by atoms with Gasteiger partial charge in [0.15, 0.2) is 5.69 Å². The van der Waals surface area contributed by atoms with E-state index in [1.807, 2.05) is 6.92 Å². The van der Waals surface area contributed by atoms with Crippen LogP contribution in [0.15, 0.2) is 24.3 Å². The number of benzene rings is 1. The quantitative estimate of drug-likeness (QED) is 0.920. The van der Waals surface area contributed by atoms with E-state index in [2.05, 4.69) is 10.4 Å². The van der Waals surface area contributed by atoms with Gasteiger partial charge in [0, 0.05) is 24.4 Å². The van der Waals surface area contributed by atoms with Crippen LogP contribution >= 0.6 is 0 Å². The Hall–Kier alpha value is -2.21. The van der Waals surface area contributed by atoms with E-state index >= 15 is 0 Å². The van der Waals surface area contributed by atoms with Crippen molar-refractivity contribution in [3.63, 3.8) is 0 Å². The molecule has 5 nitrogen and oxygen atoms in total. The zero-order valence-electron chi connectivity index (χ0n) is 13.3. The first-order chi connectivity index (χ1) is 11.1. The van der Waals surface area contributed by atoms with Gasteiger partial charge in [-0.15, -0.1) is 0 Å². The van der Waals surface area contributed by atoms with Gasteiger partial charge in [-0.3, -0.25) is 4.79 Å². The molecule has 0 fully saturated rings. The van der Waals surface area contributed by atoms with E-state index in [9.17, 15) is 9.18 Å². The normalized spacial score (nSPS) is 14.6. The molecule has 0 aliphatic heterocycles. The molecule has 1 aliphatic rings. The Balaban J connectivity index is 1.92. The van der Waals surface area contributed by atoms with Gasteiger partial charge in [-0.1, -0.05) is 0 Å². The summed E-state index contributed by atoms with van der Waals surface area (Å²) >= 11 is 0. The third-order valence-corrected chi connectivity index (χ3v) is 4.01. The molecule has 1 atom stereocenters. The molecular formula is C17H20FN3O2. The lowest BCUT2D eigenvalue weighted by Gasteiger charge is -2.11. The van der Waals surface area contributed by atoms with Crippen LogP contribution in [-0.4, -0.2) is 35.4 Å². The molecule has 0 saturated heterocycles. The van der Waals surface area contributed by atoms with Crippen LogP contribution in [0, 0.1) is 5.82 Å². The van der Waals surface area contributed by atoms with Gasteiger partial charge >= 0.3 is 0 Å². The zero-order valence-corrected chi connectivity index (χ0v) is 13.3. The fourth-order valence-electron chi connectivity index (χ4n) is 3.00. The van der Waals surface area contributed by atoms with Crippen molar-refractivity contribution >= 4 is 5.91 Å². The highest BCUT2D eigenvalue weighted by atomic mass is 19.1. The number of aromatic nitrogens is 2. The standard InChI is InChI=1S/C17H20FN3O2/c1-11(10-23-2)19-17(22)16-14-4-3-5-15(14)21(20-16)13-8-6-12(18)7-9-13/h6-9,11H,3-5,10H2,1-2H3,(H,19,22)/t11-/m0/s1. The molecule has 1 aromatic heterocycles. The number of carbonyl (C=O) groups excluding carboxylic acids is 1. The summed E-state index contributed by atoms with van der Waals surface area (Å²) in [7, 11) is 1.60. The summed E-state index contributed by atoms with van der Waals surface area (Å²) in [6.45, 7) is 2.34. The minimum Gasteiger partial charge on any atom is -0.383 e. The van der Waals surface area contributed by atoms with Crippen LogP contribution in [-0.2, 0) is 17.6 Å². The number of methoxy groups -OCH3 is 1. The van der Waals surface area contributed by atoms with Crippen molar-refractivity contribution in [2.75, 3.05) is 13.7 Å². The van der Waals surface area contributed by atoms with E-state index < -0.39 is 0 Å². The monoisotopic (exact) mass is 317 g/mol. The van der Waals surface area contributed by atoms with Crippen LogP contribution in [0.2, 0.25) is 0 Å². The summed E-state index contributed by atoms with van der Waals surface area (Å²) in [5, 5.41) is 7.39. The molecule has 1 N–H and O–H groups in total. The van der Waals surface area contributed by atoms with Crippen LogP contribution in [0.1, 0.15) is 35.1 Å². The lowest BCUT2D eigenvalue weighted by molar-refractivity contribution is 0.0899. The second kappa shape index (κ2) is 6.50. The Morgan fingerprint density at radius 3 is 2.83 bits per heavy atom. The van der Waals surface area contributed by atoms with Crippen LogP contribution in [0.25, 0.3) is 5.69 Å². The van der Waals surface area contributed by atoms with Gasteiger partial charge in [-0.25, -0.2) is 9.07 Å². The maximum absolute atomic E-state index is 13.1. The van der Waals surface area contributed by atoms with Crippen LogP contribution in [0.4, 0.5) is 4.39 Å². The van der Waals surface area contributed by atoms with E-state index in [-0.39, 0.29) is 17.8 Å². The second-order valence-corrected chi connectivity index (χ2v) is 5.85. The minimum atomic E-state index is -0.288. The lowest BCUT2D eigenvalue weighted by atomic mass is 10.2.